The highest BCUT2D eigenvalue weighted by atomic mass is 32.2. The highest BCUT2D eigenvalue weighted by Gasteiger charge is 2.34. The lowest BCUT2D eigenvalue weighted by Crippen LogP contribution is -2.31. The molecule has 0 radical (unpaired) electrons. The molecule has 0 saturated carbocycles. The van der Waals surface area contributed by atoms with Crippen LogP contribution in [0.5, 0.6) is 0 Å². The second kappa shape index (κ2) is 8.26. The topological polar surface area (TPSA) is 107 Å². The van der Waals surface area contributed by atoms with E-state index in [1.165, 1.54) is 25.1 Å². The van der Waals surface area contributed by atoms with E-state index in [0.29, 0.717) is 23.1 Å². The third-order valence-electron chi connectivity index (χ3n) is 4.91. The fourth-order valence-corrected chi connectivity index (χ4v) is 4.54. The number of hydrogen-bond acceptors (Lipinski definition) is 6. The van der Waals surface area contributed by atoms with Crippen LogP contribution in [0.1, 0.15) is 28.1 Å². The van der Waals surface area contributed by atoms with Gasteiger partial charge >= 0.3 is 6.18 Å². The van der Waals surface area contributed by atoms with Crippen molar-refractivity contribution in [1.29, 1.82) is 0 Å². The Morgan fingerprint density at radius 1 is 1.12 bits per heavy atom. The highest BCUT2D eigenvalue weighted by molar-refractivity contribution is 7.92. The molecule has 2 aromatic carbocycles. The molecule has 3 aromatic rings. The van der Waals surface area contributed by atoms with E-state index in [1.807, 2.05) is 0 Å². The molecular formula is C20H18F3N3O5S. The maximum atomic E-state index is 13.5. The summed E-state index contributed by atoms with van der Waals surface area (Å²) in [7, 11) is -4.51. The van der Waals surface area contributed by atoms with Crippen molar-refractivity contribution in [2.45, 2.75) is 38.4 Å². The van der Waals surface area contributed by atoms with Crippen LogP contribution in [-0.2, 0) is 22.7 Å². The number of sulfonamides is 1. The molecule has 0 aliphatic heterocycles. The summed E-state index contributed by atoms with van der Waals surface area (Å²) in [5.74, 6) is 0.296. The Labute approximate surface area is 181 Å². The first-order valence-electron chi connectivity index (χ1n) is 9.19. The number of anilines is 1. The summed E-state index contributed by atoms with van der Waals surface area (Å²) in [6.45, 7) is 4.18. The van der Waals surface area contributed by atoms with Gasteiger partial charge in [0.1, 0.15) is 5.76 Å². The second-order valence-electron chi connectivity index (χ2n) is 7.07. The van der Waals surface area contributed by atoms with Gasteiger partial charge in [-0.1, -0.05) is 17.3 Å². The Morgan fingerprint density at radius 3 is 2.38 bits per heavy atom. The lowest BCUT2D eigenvalue weighted by molar-refractivity contribution is -0.385. The van der Waals surface area contributed by atoms with Crippen LogP contribution in [0.25, 0.3) is 0 Å². The molecule has 0 fully saturated rings. The van der Waals surface area contributed by atoms with Gasteiger partial charge in [0, 0.05) is 17.2 Å². The lowest BCUT2D eigenvalue weighted by Gasteiger charge is -2.25. The minimum atomic E-state index is -4.70. The molecule has 32 heavy (non-hydrogen) atoms. The normalized spacial score (nSPS) is 12.1. The number of nitro groups is 1. The molecule has 0 aliphatic rings. The van der Waals surface area contributed by atoms with Gasteiger partial charge in [-0.05, 0) is 45.0 Å². The van der Waals surface area contributed by atoms with Gasteiger partial charge in [-0.2, -0.15) is 13.2 Å². The standard InChI is InChI=1S/C20H18F3N3O5S/c1-12-7-8-17(10-19(12)26(27)28)32(29,30)25(11-18-13(2)24-31-14(18)3)16-6-4-5-15(9-16)20(21,22)23/h4-10H,11H2,1-3H3. The average Bonchev–Trinajstić information content (AvgIpc) is 3.03. The highest BCUT2D eigenvalue weighted by Crippen LogP contribution is 2.35. The number of rotatable bonds is 6. The monoisotopic (exact) mass is 469 g/mol. The fourth-order valence-electron chi connectivity index (χ4n) is 3.10. The Hall–Kier alpha value is -3.41. The molecule has 0 bridgehead atoms. The van der Waals surface area contributed by atoms with Crippen LogP contribution in [0.2, 0.25) is 0 Å². The Bertz CT molecular complexity index is 1270. The maximum Gasteiger partial charge on any atom is 0.416 e. The van der Waals surface area contributed by atoms with Crippen molar-refractivity contribution in [3.05, 3.63) is 80.7 Å². The third kappa shape index (κ3) is 4.44. The van der Waals surface area contributed by atoms with E-state index in [4.69, 9.17) is 4.52 Å². The van der Waals surface area contributed by atoms with E-state index in [2.05, 4.69) is 5.16 Å². The van der Waals surface area contributed by atoms with Crippen LogP contribution >= 0.6 is 0 Å². The van der Waals surface area contributed by atoms with Gasteiger partial charge in [0.25, 0.3) is 15.7 Å². The number of aromatic nitrogens is 1. The van der Waals surface area contributed by atoms with Crippen molar-refractivity contribution in [1.82, 2.24) is 5.16 Å². The van der Waals surface area contributed by atoms with Crippen LogP contribution in [0.15, 0.2) is 51.9 Å². The van der Waals surface area contributed by atoms with Crippen molar-refractivity contribution in [3.8, 4) is 0 Å². The molecule has 0 N–H and O–H groups in total. The average molecular weight is 469 g/mol. The van der Waals surface area contributed by atoms with Gasteiger partial charge in [-0.25, -0.2) is 8.42 Å². The van der Waals surface area contributed by atoms with Crippen molar-refractivity contribution < 1.29 is 31.0 Å². The first-order valence-corrected chi connectivity index (χ1v) is 10.6. The number of hydrogen-bond donors (Lipinski definition) is 0. The number of halogens is 3. The number of benzene rings is 2. The maximum absolute atomic E-state index is 13.5. The van der Waals surface area contributed by atoms with Crippen molar-refractivity contribution in [3.63, 3.8) is 0 Å². The second-order valence-corrected chi connectivity index (χ2v) is 8.93. The molecule has 0 atom stereocenters. The van der Waals surface area contributed by atoms with Crippen LogP contribution in [0.4, 0.5) is 24.5 Å². The first kappa shape index (κ1) is 23.3. The van der Waals surface area contributed by atoms with Crippen molar-refractivity contribution in [2.24, 2.45) is 0 Å². The molecule has 0 spiro atoms. The lowest BCUT2D eigenvalue weighted by atomic mass is 10.1. The molecule has 3 rings (SSSR count). The molecule has 8 nitrogen and oxygen atoms in total. The van der Waals surface area contributed by atoms with Gasteiger partial charge in [0.2, 0.25) is 0 Å². The summed E-state index contributed by atoms with van der Waals surface area (Å²) in [6.07, 6.45) is -4.70. The molecule has 1 aromatic heterocycles. The zero-order valence-corrected chi connectivity index (χ0v) is 18.0. The van der Waals surface area contributed by atoms with E-state index in [0.717, 1.165) is 22.5 Å². The molecule has 0 unspecified atom stereocenters. The van der Waals surface area contributed by atoms with Crippen LogP contribution in [0, 0.1) is 30.9 Å². The van der Waals surface area contributed by atoms with E-state index in [1.54, 1.807) is 13.8 Å². The van der Waals surface area contributed by atoms with Crippen molar-refractivity contribution >= 4 is 21.4 Å². The smallest absolute Gasteiger partial charge is 0.361 e. The van der Waals surface area contributed by atoms with Crippen LogP contribution in [0.3, 0.4) is 0 Å². The summed E-state index contributed by atoms with van der Waals surface area (Å²) >= 11 is 0. The summed E-state index contributed by atoms with van der Waals surface area (Å²) in [6, 6.07) is 7.16. The molecule has 170 valence electrons. The first-order chi connectivity index (χ1) is 14.8. The van der Waals surface area contributed by atoms with Crippen molar-refractivity contribution in [2.75, 3.05) is 4.31 Å². The molecule has 0 amide bonds. The van der Waals surface area contributed by atoms with E-state index in [-0.39, 0.29) is 17.8 Å². The van der Waals surface area contributed by atoms with Gasteiger partial charge in [-0.3, -0.25) is 14.4 Å². The summed E-state index contributed by atoms with van der Waals surface area (Å²) in [4.78, 5) is 10.1. The Morgan fingerprint density at radius 2 is 1.81 bits per heavy atom. The number of nitrogens with zero attached hydrogens (tertiary/aromatic N) is 3. The Balaban J connectivity index is 2.21. The van der Waals surface area contributed by atoms with Gasteiger partial charge in [0.05, 0.1) is 33.3 Å². The fraction of sp³-hybridized carbons (Fsp3) is 0.250. The molecule has 1 heterocycles. The number of alkyl halides is 3. The van der Waals surface area contributed by atoms with E-state index < -0.39 is 37.3 Å². The summed E-state index contributed by atoms with van der Waals surface area (Å²) in [5.41, 5.74) is -0.748. The summed E-state index contributed by atoms with van der Waals surface area (Å²) in [5, 5.41) is 15.1. The van der Waals surface area contributed by atoms with Crippen LogP contribution < -0.4 is 4.31 Å². The molecule has 0 saturated heterocycles. The zero-order chi connectivity index (χ0) is 23.8. The quantitative estimate of drug-likeness (QED) is 0.375. The molecular weight excluding hydrogens is 451 g/mol. The largest absolute Gasteiger partial charge is 0.416 e. The molecule has 0 aliphatic carbocycles. The number of aryl methyl sites for hydroxylation is 3. The van der Waals surface area contributed by atoms with Gasteiger partial charge in [-0.15, -0.1) is 0 Å². The summed E-state index contributed by atoms with van der Waals surface area (Å²) < 4.78 is 72.6. The SMILES string of the molecule is Cc1ccc(S(=O)(=O)N(Cc2c(C)noc2C)c2cccc(C(F)(F)F)c2)cc1[N+](=O)[O-]. The molecule has 12 heteroatoms. The minimum absolute atomic E-state index is 0.241. The van der Waals surface area contributed by atoms with Gasteiger partial charge < -0.3 is 4.52 Å². The Kier molecular flexibility index (Phi) is 6.00. The third-order valence-corrected chi connectivity index (χ3v) is 6.68. The van der Waals surface area contributed by atoms with Crippen LogP contribution in [-0.4, -0.2) is 18.5 Å². The van der Waals surface area contributed by atoms with E-state index in [9.17, 15) is 31.7 Å². The van der Waals surface area contributed by atoms with E-state index >= 15 is 0 Å². The predicted octanol–water partition coefficient (Wildman–Crippen LogP) is 4.92. The predicted molar refractivity (Wildman–Crippen MR) is 109 cm³/mol. The zero-order valence-electron chi connectivity index (χ0n) is 17.2. The minimum Gasteiger partial charge on any atom is -0.361 e. The van der Waals surface area contributed by atoms with Gasteiger partial charge in [0.15, 0.2) is 0 Å². The number of nitro benzene ring substituents is 1.